The minimum Gasteiger partial charge on any atom is -0.292 e. The lowest BCUT2D eigenvalue weighted by molar-refractivity contribution is -0.122. The van der Waals surface area contributed by atoms with Crippen molar-refractivity contribution < 1.29 is 4.79 Å². The van der Waals surface area contributed by atoms with Crippen molar-refractivity contribution in [2.75, 3.05) is 5.32 Å². The number of nitrogens with zero attached hydrogens (tertiary/aromatic N) is 4. The van der Waals surface area contributed by atoms with Gasteiger partial charge in [0.15, 0.2) is 0 Å². The zero-order chi connectivity index (χ0) is 9.26. The largest absolute Gasteiger partial charge is 0.292 e. The summed E-state index contributed by atoms with van der Waals surface area (Å²) in [6.45, 7) is 0. The van der Waals surface area contributed by atoms with E-state index >= 15 is 0 Å². The van der Waals surface area contributed by atoms with Gasteiger partial charge in [-0.05, 0) is 18.1 Å². The van der Waals surface area contributed by atoms with Gasteiger partial charge >= 0.3 is 0 Å². The van der Waals surface area contributed by atoms with Crippen molar-refractivity contribution in [2.45, 2.75) is 19.3 Å². The Labute approximate surface area is 75.3 Å². The predicted octanol–water partition coefficient (Wildman–Crippen LogP) is -0.0513. The normalized spacial score (nSPS) is 16.7. The molecule has 1 fully saturated rings. The molecule has 2 rings (SSSR count). The molecule has 1 amide bonds. The van der Waals surface area contributed by atoms with Gasteiger partial charge in [0.2, 0.25) is 5.91 Å². The molecule has 1 aliphatic carbocycles. The lowest BCUT2D eigenvalue weighted by atomic mass is 9.85. The summed E-state index contributed by atoms with van der Waals surface area (Å²) in [6, 6.07) is 0. The van der Waals surface area contributed by atoms with Gasteiger partial charge < -0.3 is 0 Å². The maximum atomic E-state index is 11.4. The summed E-state index contributed by atoms with van der Waals surface area (Å²) in [5.41, 5.74) is 0. The highest BCUT2D eigenvalue weighted by Crippen LogP contribution is 2.26. The Hall–Kier alpha value is -1.46. The van der Waals surface area contributed by atoms with Crippen LogP contribution in [0.3, 0.4) is 0 Å². The molecule has 1 aliphatic rings. The van der Waals surface area contributed by atoms with Crippen LogP contribution in [0.5, 0.6) is 0 Å². The number of amides is 1. The number of hydrogen-bond acceptors (Lipinski definition) is 4. The van der Waals surface area contributed by atoms with E-state index in [-0.39, 0.29) is 11.8 Å². The summed E-state index contributed by atoms with van der Waals surface area (Å²) in [4.78, 5) is 12.7. The highest BCUT2D eigenvalue weighted by molar-refractivity contribution is 5.91. The number of aromatic nitrogens is 4. The molecule has 6 heteroatoms. The molecule has 13 heavy (non-hydrogen) atoms. The zero-order valence-electron chi connectivity index (χ0n) is 7.40. The van der Waals surface area contributed by atoms with Gasteiger partial charge in [-0.1, -0.05) is 11.5 Å². The van der Waals surface area contributed by atoms with Crippen LogP contribution in [-0.2, 0) is 11.8 Å². The molecule has 1 heterocycles. The summed E-state index contributed by atoms with van der Waals surface area (Å²) in [7, 11) is 1.66. The Morgan fingerprint density at radius 2 is 2.38 bits per heavy atom. The second-order valence-electron chi connectivity index (χ2n) is 3.22. The summed E-state index contributed by atoms with van der Waals surface area (Å²) in [5, 5.41) is 13.8. The number of aryl methyl sites for hydroxylation is 1. The first-order chi connectivity index (χ1) is 6.25. The Bertz CT molecular complexity index is 316. The lowest BCUT2D eigenvalue weighted by Gasteiger charge is -2.22. The van der Waals surface area contributed by atoms with E-state index in [4.69, 9.17) is 0 Å². The lowest BCUT2D eigenvalue weighted by Crippen LogP contribution is -2.28. The van der Waals surface area contributed by atoms with Crippen LogP contribution in [0.1, 0.15) is 19.3 Å². The van der Waals surface area contributed by atoms with Crippen LogP contribution in [0.2, 0.25) is 0 Å². The number of anilines is 1. The third-order valence-electron chi connectivity index (χ3n) is 2.22. The standard InChI is InChI=1S/C7H11N5O/c1-12-10-7(9-11-12)8-6(13)5-3-2-4-5/h5H,2-4H2,1H3,(H,8,10,13). The number of rotatable bonds is 2. The van der Waals surface area contributed by atoms with E-state index in [1.165, 1.54) is 4.80 Å². The molecular formula is C7H11N5O. The Morgan fingerprint density at radius 1 is 1.62 bits per heavy atom. The van der Waals surface area contributed by atoms with Gasteiger partial charge in [-0.3, -0.25) is 10.1 Å². The van der Waals surface area contributed by atoms with E-state index in [0.29, 0.717) is 5.95 Å². The second kappa shape index (κ2) is 3.12. The van der Waals surface area contributed by atoms with E-state index < -0.39 is 0 Å². The van der Waals surface area contributed by atoms with Crippen molar-refractivity contribution in [3.05, 3.63) is 0 Å². The number of carbonyl (C=O) groups is 1. The number of carbonyl (C=O) groups excluding carboxylic acids is 1. The summed E-state index contributed by atoms with van der Waals surface area (Å²) in [6.07, 6.45) is 3.10. The third kappa shape index (κ3) is 1.66. The van der Waals surface area contributed by atoms with Crippen molar-refractivity contribution >= 4 is 11.9 Å². The van der Waals surface area contributed by atoms with Gasteiger partial charge in [-0.25, -0.2) is 0 Å². The average molecular weight is 181 g/mol. The molecule has 1 N–H and O–H groups in total. The fourth-order valence-corrected chi connectivity index (χ4v) is 1.22. The predicted molar refractivity (Wildman–Crippen MR) is 44.8 cm³/mol. The van der Waals surface area contributed by atoms with Gasteiger partial charge in [-0.2, -0.15) is 4.80 Å². The molecule has 1 aromatic rings. The van der Waals surface area contributed by atoms with Gasteiger partial charge in [0.25, 0.3) is 5.95 Å². The first kappa shape index (κ1) is 8.15. The molecule has 0 aliphatic heterocycles. The molecule has 0 spiro atoms. The molecule has 0 bridgehead atoms. The first-order valence-corrected chi connectivity index (χ1v) is 4.30. The second-order valence-corrected chi connectivity index (χ2v) is 3.22. The Morgan fingerprint density at radius 3 is 2.85 bits per heavy atom. The summed E-state index contributed by atoms with van der Waals surface area (Å²) < 4.78 is 0. The minimum absolute atomic E-state index is 0.0132. The molecule has 0 unspecified atom stereocenters. The molecule has 0 radical (unpaired) electrons. The minimum atomic E-state index is 0.0132. The van der Waals surface area contributed by atoms with E-state index in [1.807, 2.05) is 0 Å². The van der Waals surface area contributed by atoms with Crippen molar-refractivity contribution in [2.24, 2.45) is 13.0 Å². The van der Waals surface area contributed by atoms with Crippen molar-refractivity contribution in [1.29, 1.82) is 0 Å². The quantitative estimate of drug-likeness (QED) is 0.694. The van der Waals surface area contributed by atoms with E-state index in [9.17, 15) is 4.79 Å². The van der Waals surface area contributed by atoms with E-state index in [0.717, 1.165) is 19.3 Å². The fourth-order valence-electron chi connectivity index (χ4n) is 1.22. The van der Waals surface area contributed by atoms with Crippen molar-refractivity contribution in [3.63, 3.8) is 0 Å². The number of nitrogens with one attached hydrogen (secondary N) is 1. The molecule has 1 aromatic heterocycles. The van der Waals surface area contributed by atoms with Crippen LogP contribution in [-0.4, -0.2) is 26.1 Å². The SMILES string of the molecule is Cn1nnc(NC(=O)C2CCC2)n1. The molecule has 1 saturated carbocycles. The van der Waals surface area contributed by atoms with Gasteiger partial charge in [-0.15, -0.1) is 5.10 Å². The highest BCUT2D eigenvalue weighted by atomic mass is 16.2. The molecule has 0 aromatic carbocycles. The van der Waals surface area contributed by atoms with Crippen LogP contribution in [0.4, 0.5) is 5.95 Å². The van der Waals surface area contributed by atoms with E-state index in [2.05, 4.69) is 20.7 Å². The maximum Gasteiger partial charge on any atom is 0.270 e. The summed E-state index contributed by atoms with van der Waals surface area (Å²) >= 11 is 0. The third-order valence-corrected chi connectivity index (χ3v) is 2.22. The summed E-state index contributed by atoms with van der Waals surface area (Å²) in [5.74, 6) is 0.461. The molecule has 70 valence electrons. The monoisotopic (exact) mass is 181 g/mol. The molecule has 0 saturated heterocycles. The van der Waals surface area contributed by atoms with Crippen LogP contribution in [0, 0.1) is 5.92 Å². The van der Waals surface area contributed by atoms with Crippen LogP contribution < -0.4 is 5.32 Å². The zero-order valence-corrected chi connectivity index (χ0v) is 7.40. The molecule has 0 atom stereocenters. The maximum absolute atomic E-state index is 11.4. The van der Waals surface area contributed by atoms with Crippen LogP contribution in [0.25, 0.3) is 0 Å². The molecular weight excluding hydrogens is 170 g/mol. The van der Waals surface area contributed by atoms with Crippen LogP contribution in [0.15, 0.2) is 0 Å². The average Bonchev–Trinajstić information content (AvgIpc) is 2.31. The smallest absolute Gasteiger partial charge is 0.270 e. The number of hydrogen-bond donors (Lipinski definition) is 1. The van der Waals surface area contributed by atoms with Gasteiger partial charge in [0.05, 0.1) is 7.05 Å². The van der Waals surface area contributed by atoms with Crippen molar-refractivity contribution in [3.8, 4) is 0 Å². The Balaban J connectivity index is 1.93. The Kier molecular flexibility index (Phi) is 1.96. The van der Waals surface area contributed by atoms with Crippen molar-refractivity contribution in [1.82, 2.24) is 20.2 Å². The van der Waals surface area contributed by atoms with Gasteiger partial charge in [0, 0.05) is 5.92 Å². The highest BCUT2D eigenvalue weighted by Gasteiger charge is 2.25. The topological polar surface area (TPSA) is 72.7 Å². The van der Waals surface area contributed by atoms with E-state index in [1.54, 1.807) is 7.05 Å². The van der Waals surface area contributed by atoms with Gasteiger partial charge in [0.1, 0.15) is 0 Å². The molecule has 6 nitrogen and oxygen atoms in total. The fraction of sp³-hybridized carbons (Fsp3) is 0.714. The first-order valence-electron chi connectivity index (χ1n) is 4.30. The number of tetrazole rings is 1. The van der Waals surface area contributed by atoms with Crippen LogP contribution >= 0.6 is 0 Å².